The van der Waals surface area contributed by atoms with Gasteiger partial charge in [0.2, 0.25) is 11.8 Å². The number of aryl methyl sites for hydroxylation is 1. The van der Waals surface area contributed by atoms with Gasteiger partial charge in [-0.05, 0) is 54.7 Å². The van der Waals surface area contributed by atoms with Crippen LogP contribution in [0.4, 0.5) is 5.69 Å². The van der Waals surface area contributed by atoms with Gasteiger partial charge in [-0.15, -0.1) is 0 Å². The topological polar surface area (TPSA) is 74.6 Å². The van der Waals surface area contributed by atoms with Gasteiger partial charge in [-0.25, -0.2) is 0 Å². The normalized spacial score (nSPS) is 19.8. The number of hydrogen-bond acceptors (Lipinski definition) is 5. The molecule has 2 amide bonds. The molecule has 6 rings (SSSR count). The van der Waals surface area contributed by atoms with Crippen molar-refractivity contribution in [2.45, 2.75) is 64.3 Å². The molecule has 4 heterocycles. The van der Waals surface area contributed by atoms with E-state index in [4.69, 9.17) is 0 Å². The molecule has 2 aromatic carbocycles. The summed E-state index contributed by atoms with van der Waals surface area (Å²) in [5, 5.41) is 5.61. The fourth-order valence-electron chi connectivity index (χ4n) is 6.39. The number of benzene rings is 2. The van der Waals surface area contributed by atoms with Gasteiger partial charge in [-0.3, -0.25) is 24.2 Å². The molecular weight excluding hydrogens is 500 g/mol. The highest BCUT2D eigenvalue weighted by molar-refractivity contribution is 5.92. The summed E-state index contributed by atoms with van der Waals surface area (Å²) in [5.74, 6) is 0.140. The van der Waals surface area contributed by atoms with Crippen LogP contribution in [0.25, 0.3) is 10.9 Å². The van der Waals surface area contributed by atoms with Gasteiger partial charge >= 0.3 is 0 Å². The Labute approximate surface area is 235 Å². The van der Waals surface area contributed by atoms with E-state index in [0.29, 0.717) is 38.6 Å². The van der Waals surface area contributed by atoms with Crippen LogP contribution in [0.3, 0.4) is 0 Å². The van der Waals surface area contributed by atoms with Gasteiger partial charge in [0.1, 0.15) is 0 Å². The lowest BCUT2D eigenvalue weighted by Crippen LogP contribution is -2.45. The summed E-state index contributed by atoms with van der Waals surface area (Å²) >= 11 is 0. The highest BCUT2D eigenvalue weighted by Gasteiger charge is 2.36. The third-order valence-electron chi connectivity index (χ3n) is 8.47. The van der Waals surface area contributed by atoms with E-state index in [1.807, 2.05) is 75.5 Å². The summed E-state index contributed by atoms with van der Waals surface area (Å²) in [5.41, 5.74) is 4.17. The van der Waals surface area contributed by atoms with Crippen molar-refractivity contribution in [3.05, 3.63) is 90.4 Å². The number of anilines is 1. The van der Waals surface area contributed by atoms with Crippen molar-refractivity contribution in [1.82, 2.24) is 24.6 Å². The largest absolute Gasteiger partial charge is 0.337 e. The van der Waals surface area contributed by atoms with Gasteiger partial charge in [0, 0.05) is 75.1 Å². The Balaban J connectivity index is 1.30. The van der Waals surface area contributed by atoms with Gasteiger partial charge in [-0.1, -0.05) is 36.4 Å². The monoisotopic (exact) mass is 536 g/mol. The Morgan fingerprint density at radius 2 is 1.70 bits per heavy atom. The summed E-state index contributed by atoms with van der Waals surface area (Å²) in [6.45, 7) is 4.78. The molecule has 40 heavy (non-hydrogen) atoms. The molecule has 2 aromatic heterocycles. The maximum Gasteiger partial charge on any atom is 0.224 e. The van der Waals surface area contributed by atoms with E-state index < -0.39 is 0 Å². The average Bonchev–Trinajstić information content (AvgIpc) is 3.55. The van der Waals surface area contributed by atoms with Crippen LogP contribution in [-0.2, 0) is 29.2 Å². The molecule has 8 heteroatoms. The van der Waals surface area contributed by atoms with E-state index in [2.05, 4.69) is 33.2 Å². The lowest BCUT2D eigenvalue weighted by Gasteiger charge is -2.34. The van der Waals surface area contributed by atoms with Gasteiger partial charge < -0.3 is 9.80 Å². The Hall–Kier alpha value is -4.04. The van der Waals surface area contributed by atoms with Crippen LogP contribution in [-0.4, -0.2) is 61.6 Å². The number of amides is 2. The van der Waals surface area contributed by atoms with Crippen molar-refractivity contribution < 1.29 is 9.59 Å². The number of aromatic nitrogens is 3. The molecule has 2 unspecified atom stereocenters. The number of carbonyl (C=O) groups excluding carboxylic acids is 2. The Kier molecular flexibility index (Phi) is 7.60. The Morgan fingerprint density at radius 3 is 2.55 bits per heavy atom. The van der Waals surface area contributed by atoms with E-state index >= 15 is 0 Å². The molecule has 2 bridgehead atoms. The molecule has 206 valence electrons. The fourth-order valence-corrected chi connectivity index (χ4v) is 6.39. The molecule has 4 aromatic rings. The quantitative estimate of drug-likeness (QED) is 0.372. The Morgan fingerprint density at radius 1 is 0.925 bits per heavy atom. The summed E-state index contributed by atoms with van der Waals surface area (Å²) in [4.78, 5) is 37.4. The first kappa shape index (κ1) is 26.2. The Bertz CT molecular complexity index is 1490. The summed E-state index contributed by atoms with van der Waals surface area (Å²) in [7, 11) is 0. The smallest absolute Gasteiger partial charge is 0.224 e. The summed E-state index contributed by atoms with van der Waals surface area (Å²) in [6.07, 6.45) is 8.89. The predicted octanol–water partition coefficient (Wildman–Crippen LogP) is 4.64. The second-order valence-corrected chi connectivity index (χ2v) is 11.0. The van der Waals surface area contributed by atoms with E-state index in [0.717, 1.165) is 48.0 Å². The molecule has 1 saturated heterocycles. The van der Waals surface area contributed by atoms with Crippen molar-refractivity contribution >= 4 is 28.4 Å². The van der Waals surface area contributed by atoms with Crippen LogP contribution in [0.5, 0.6) is 0 Å². The zero-order valence-electron chi connectivity index (χ0n) is 23.0. The fraction of sp³-hybridized carbons (Fsp3) is 0.375. The zero-order valence-corrected chi connectivity index (χ0v) is 23.0. The maximum absolute atomic E-state index is 13.9. The molecule has 2 atom stereocenters. The lowest BCUT2D eigenvalue weighted by atomic mass is 10.1. The number of hydrogen-bond donors (Lipinski definition) is 0. The molecule has 0 aliphatic carbocycles. The van der Waals surface area contributed by atoms with Gasteiger partial charge in [0.05, 0.1) is 18.3 Å². The summed E-state index contributed by atoms with van der Waals surface area (Å²) < 4.78 is 1.92. The maximum atomic E-state index is 13.9. The molecule has 0 N–H and O–H groups in total. The third-order valence-corrected chi connectivity index (χ3v) is 8.47. The van der Waals surface area contributed by atoms with Gasteiger partial charge in [0.15, 0.2) is 0 Å². The number of pyridine rings is 1. The average molecular weight is 537 g/mol. The van der Waals surface area contributed by atoms with Crippen LogP contribution in [0.2, 0.25) is 0 Å². The predicted molar refractivity (Wildman–Crippen MR) is 155 cm³/mol. The highest BCUT2D eigenvalue weighted by Crippen LogP contribution is 2.32. The van der Waals surface area contributed by atoms with E-state index in [-0.39, 0.29) is 17.9 Å². The molecule has 0 saturated carbocycles. The SMILES string of the molecule is CC(=O)N1CCC2CCC(CN(C(=O)CCn3ncc4ccccc43)Cc3ccccc31)N2Cc1ccncc1. The van der Waals surface area contributed by atoms with Gasteiger partial charge in [-0.2, -0.15) is 5.10 Å². The van der Waals surface area contributed by atoms with Crippen LogP contribution >= 0.6 is 0 Å². The minimum atomic E-state index is 0.0327. The minimum Gasteiger partial charge on any atom is -0.337 e. The molecule has 0 radical (unpaired) electrons. The second-order valence-electron chi connectivity index (χ2n) is 11.0. The first-order valence-electron chi connectivity index (χ1n) is 14.3. The van der Waals surface area contributed by atoms with Crippen molar-refractivity contribution in [3.8, 4) is 0 Å². The molecule has 2 aliphatic heterocycles. The zero-order chi connectivity index (χ0) is 27.5. The van der Waals surface area contributed by atoms with E-state index in [1.165, 1.54) is 5.56 Å². The molecule has 0 spiro atoms. The first-order valence-corrected chi connectivity index (χ1v) is 14.3. The molecule has 8 nitrogen and oxygen atoms in total. The first-order chi connectivity index (χ1) is 19.6. The number of fused-ring (bicyclic) bond motifs is 4. The number of carbonyl (C=O) groups is 2. The van der Waals surface area contributed by atoms with Crippen LogP contribution in [0.1, 0.15) is 43.7 Å². The van der Waals surface area contributed by atoms with Crippen molar-refractivity contribution in [3.63, 3.8) is 0 Å². The number of para-hydroxylation sites is 2. The molecule has 2 aliphatic rings. The summed E-state index contributed by atoms with van der Waals surface area (Å²) in [6, 6.07) is 20.9. The van der Waals surface area contributed by atoms with Crippen molar-refractivity contribution in [1.29, 1.82) is 0 Å². The third kappa shape index (κ3) is 5.49. The van der Waals surface area contributed by atoms with Crippen LogP contribution in [0, 0.1) is 0 Å². The van der Waals surface area contributed by atoms with E-state index in [9.17, 15) is 9.59 Å². The van der Waals surface area contributed by atoms with Crippen molar-refractivity contribution in [2.75, 3.05) is 18.0 Å². The minimum absolute atomic E-state index is 0.0327. The standard InChI is InChI=1S/C32H36N6O2/c1-24(39)36-18-14-28-10-11-29(37(28)21-25-12-16-33-17-13-25)23-35(22-27-7-3-4-8-30(27)36)32(40)15-19-38-31-9-5-2-6-26(31)20-34-38/h2-9,12-13,16-17,20,28-29H,10-11,14-15,18-19,21-23H2,1H3. The second kappa shape index (κ2) is 11.6. The van der Waals surface area contributed by atoms with Crippen LogP contribution < -0.4 is 4.90 Å². The van der Waals surface area contributed by atoms with Crippen molar-refractivity contribution in [2.24, 2.45) is 0 Å². The van der Waals surface area contributed by atoms with Crippen LogP contribution in [0.15, 0.2) is 79.3 Å². The molecular formula is C32H36N6O2. The number of rotatable bonds is 5. The van der Waals surface area contributed by atoms with E-state index in [1.54, 1.807) is 6.92 Å². The molecule has 1 fully saturated rings. The van der Waals surface area contributed by atoms with Gasteiger partial charge in [0.25, 0.3) is 0 Å². The highest BCUT2D eigenvalue weighted by atomic mass is 16.2. The lowest BCUT2D eigenvalue weighted by molar-refractivity contribution is -0.133. The number of nitrogens with zero attached hydrogens (tertiary/aromatic N) is 6.